The third-order valence-electron chi connectivity index (χ3n) is 2.79. The lowest BCUT2D eigenvalue weighted by Gasteiger charge is -2.10. The Morgan fingerprint density at radius 2 is 1.78 bits per heavy atom. The number of methoxy groups -OCH3 is 1. The van der Waals surface area contributed by atoms with Gasteiger partial charge in [-0.25, -0.2) is 0 Å². The fraction of sp³-hybridized carbons (Fsp3) is 0.188. The van der Waals surface area contributed by atoms with E-state index in [1.165, 1.54) is 19.2 Å². The highest BCUT2D eigenvalue weighted by Gasteiger charge is 2.08. The van der Waals surface area contributed by atoms with Crippen LogP contribution in [0.2, 0.25) is 0 Å². The Hall–Kier alpha value is -2.28. The van der Waals surface area contributed by atoms with Crippen LogP contribution in [0.4, 0.5) is 14.5 Å². The molecule has 1 amide bonds. The molecule has 0 saturated carbocycles. The van der Waals surface area contributed by atoms with Gasteiger partial charge in [0.1, 0.15) is 0 Å². The minimum Gasteiger partial charge on any atom is -0.493 e. The number of para-hydroxylation sites is 2. The first kappa shape index (κ1) is 17.1. The van der Waals surface area contributed by atoms with Gasteiger partial charge in [-0.3, -0.25) is 4.79 Å². The predicted molar refractivity (Wildman–Crippen MR) is 85.4 cm³/mol. The minimum atomic E-state index is -2.47. The van der Waals surface area contributed by atoms with Crippen molar-refractivity contribution < 1.29 is 23.0 Å². The number of rotatable bonds is 7. The maximum absolute atomic E-state index is 12.2. The number of ether oxygens (including phenoxy) is 2. The molecule has 7 heteroatoms. The zero-order valence-electron chi connectivity index (χ0n) is 12.3. The van der Waals surface area contributed by atoms with Crippen LogP contribution in [0.15, 0.2) is 53.4 Å². The second-order valence-electron chi connectivity index (χ2n) is 4.39. The van der Waals surface area contributed by atoms with Crippen molar-refractivity contribution in [2.24, 2.45) is 0 Å². The Kier molecular flexibility index (Phi) is 6.22. The number of carbonyl (C=O) groups is 1. The molecule has 0 bridgehead atoms. The lowest BCUT2D eigenvalue weighted by molar-refractivity contribution is -0.118. The largest absolute Gasteiger partial charge is 0.493 e. The summed E-state index contributed by atoms with van der Waals surface area (Å²) in [5, 5.41) is 2.63. The molecule has 23 heavy (non-hydrogen) atoms. The zero-order chi connectivity index (χ0) is 16.7. The van der Waals surface area contributed by atoms with Crippen LogP contribution in [0.3, 0.4) is 0 Å². The molecule has 0 unspecified atom stereocenters. The third-order valence-corrected chi connectivity index (χ3v) is 3.51. The van der Waals surface area contributed by atoms with Crippen LogP contribution < -0.4 is 14.8 Å². The van der Waals surface area contributed by atoms with Gasteiger partial charge in [0.15, 0.2) is 18.1 Å². The molecule has 0 aliphatic rings. The van der Waals surface area contributed by atoms with Crippen molar-refractivity contribution in [1.82, 2.24) is 0 Å². The van der Waals surface area contributed by atoms with Crippen LogP contribution in [-0.2, 0) is 4.79 Å². The molecule has 2 aromatic carbocycles. The van der Waals surface area contributed by atoms with E-state index in [9.17, 15) is 13.6 Å². The number of hydrogen-bond acceptors (Lipinski definition) is 4. The normalized spacial score (nSPS) is 10.4. The number of anilines is 1. The Labute approximate surface area is 136 Å². The van der Waals surface area contributed by atoms with E-state index in [4.69, 9.17) is 9.47 Å². The predicted octanol–water partition coefficient (Wildman–Crippen LogP) is 4.03. The molecule has 1 N–H and O–H groups in total. The van der Waals surface area contributed by atoms with Crippen molar-refractivity contribution in [3.63, 3.8) is 0 Å². The van der Waals surface area contributed by atoms with Gasteiger partial charge in [-0.2, -0.15) is 8.78 Å². The summed E-state index contributed by atoms with van der Waals surface area (Å²) >= 11 is 0.453. The van der Waals surface area contributed by atoms with Crippen LogP contribution in [-0.4, -0.2) is 25.4 Å². The SMILES string of the molecule is COc1ccccc1OCC(=O)Nc1ccc(SC(F)F)cc1. The fourth-order valence-electron chi connectivity index (χ4n) is 1.80. The lowest BCUT2D eigenvalue weighted by atomic mass is 10.3. The van der Waals surface area contributed by atoms with Gasteiger partial charge in [-0.1, -0.05) is 23.9 Å². The second-order valence-corrected chi connectivity index (χ2v) is 5.45. The summed E-state index contributed by atoms with van der Waals surface area (Å²) in [6.45, 7) is -0.187. The number of benzene rings is 2. The smallest absolute Gasteiger partial charge is 0.288 e. The van der Waals surface area contributed by atoms with E-state index in [1.54, 1.807) is 36.4 Å². The van der Waals surface area contributed by atoms with Gasteiger partial charge in [0.2, 0.25) is 0 Å². The molecule has 0 aliphatic heterocycles. The van der Waals surface area contributed by atoms with Crippen LogP contribution in [0.5, 0.6) is 11.5 Å². The van der Waals surface area contributed by atoms with Crippen molar-refractivity contribution in [1.29, 1.82) is 0 Å². The van der Waals surface area contributed by atoms with E-state index in [0.29, 0.717) is 33.8 Å². The molecule has 0 heterocycles. The van der Waals surface area contributed by atoms with Gasteiger partial charge < -0.3 is 14.8 Å². The molecule has 0 fully saturated rings. The standard InChI is InChI=1S/C16H15F2NO3S/c1-21-13-4-2-3-5-14(13)22-10-15(20)19-11-6-8-12(9-7-11)23-16(17)18/h2-9,16H,10H2,1H3,(H,19,20). The van der Waals surface area contributed by atoms with E-state index < -0.39 is 5.76 Å². The van der Waals surface area contributed by atoms with Gasteiger partial charge in [-0.15, -0.1) is 0 Å². The third kappa shape index (κ3) is 5.45. The van der Waals surface area contributed by atoms with Crippen LogP contribution in [0.25, 0.3) is 0 Å². The van der Waals surface area contributed by atoms with Crippen LogP contribution in [0.1, 0.15) is 0 Å². The van der Waals surface area contributed by atoms with Crippen molar-refractivity contribution in [3.8, 4) is 11.5 Å². The summed E-state index contributed by atoms with van der Waals surface area (Å²) in [6.07, 6.45) is 0. The van der Waals surface area contributed by atoms with E-state index in [0.717, 1.165) is 0 Å². The Morgan fingerprint density at radius 3 is 2.39 bits per heavy atom. The molecule has 122 valence electrons. The number of halogens is 2. The van der Waals surface area contributed by atoms with E-state index in [-0.39, 0.29) is 12.5 Å². The van der Waals surface area contributed by atoms with Crippen LogP contribution in [0, 0.1) is 0 Å². The summed E-state index contributed by atoms with van der Waals surface area (Å²) in [4.78, 5) is 12.3. The summed E-state index contributed by atoms with van der Waals surface area (Å²) in [7, 11) is 1.52. The molecular weight excluding hydrogens is 324 g/mol. The lowest BCUT2D eigenvalue weighted by Crippen LogP contribution is -2.20. The van der Waals surface area contributed by atoms with Crippen LogP contribution >= 0.6 is 11.8 Å². The van der Waals surface area contributed by atoms with Gasteiger partial charge in [-0.05, 0) is 36.4 Å². The first-order chi connectivity index (χ1) is 11.1. The highest BCUT2D eigenvalue weighted by molar-refractivity contribution is 7.99. The number of hydrogen-bond donors (Lipinski definition) is 1. The second kappa shape index (κ2) is 8.38. The minimum absolute atomic E-state index is 0.187. The Balaban J connectivity index is 1.87. The number of carbonyl (C=O) groups excluding carboxylic acids is 1. The van der Waals surface area contributed by atoms with Gasteiger partial charge in [0.25, 0.3) is 11.7 Å². The van der Waals surface area contributed by atoms with E-state index in [2.05, 4.69) is 5.32 Å². The average Bonchev–Trinajstić information content (AvgIpc) is 2.54. The topological polar surface area (TPSA) is 47.6 Å². The molecular formula is C16H15F2NO3S. The first-order valence-corrected chi connectivity index (χ1v) is 7.57. The molecule has 0 saturated heterocycles. The zero-order valence-corrected chi connectivity index (χ0v) is 13.1. The number of amides is 1. The quantitative estimate of drug-likeness (QED) is 0.774. The number of thioether (sulfide) groups is 1. The molecule has 2 rings (SSSR count). The highest BCUT2D eigenvalue weighted by atomic mass is 32.2. The molecule has 2 aromatic rings. The van der Waals surface area contributed by atoms with Crippen molar-refractivity contribution in [2.75, 3.05) is 19.0 Å². The van der Waals surface area contributed by atoms with Gasteiger partial charge >= 0.3 is 0 Å². The maximum atomic E-state index is 12.2. The molecule has 0 atom stereocenters. The molecule has 0 radical (unpaired) electrons. The summed E-state index contributed by atoms with van der Waals surface area (Å²) in [6, 6.07) is 13.2. The monoisotopic (exact) mass is 339 g/mol. The number of nitrogens with one attached hydrogen (secondary N) is 1. The Bertz CT molecular complexity index is 650. The van der Waals surface area contributed by atoms with Gasteiger partial charge in [0, 0.05) is 10.6 Å². The summed E-state index contributed by atoms with van der Waals surface area (Å²) < 4.78 is 35.0. The molecule has 0 aliphatic carbocycles. The van der Waals surface area contributed by atoms with Crippen molar-refractivity contribution >= 4 is 23.4 Å². The maximum Gasteiger partial charge on any atom is 0.288 e. The van der Waals surface area contributed by atoms with E-state index in [1.807, 2.05) is 0 Å². The average molecular weight is 339 g/mol. The van der Waals surface area contributed by atoms with E-state index >= 15 is 0 Å². The van der Waals surface area contributed by atoms with Crippen molar-refractivity contribution in [3.05, 3.63) is 48.5 Å². The summed E-state index contributed by atoms with van der Waals surface area (Å²) in [5.41, 5.74) is 0.511. The van der Waals surface area contributed by atoms with Gasteiger partial charge in [0.05, 0.1) is 7.11 Å². The molecule has 0 aromatic heterocycles. The van der Waals surface area contributed by atoms with Crippen molar-refractivity contribution in [2.45, 2.75) is 10.7 Å². The molecule has 4 nitrogen and oxygen atoms in total. The number of alkyl halides is 2. The molecule has 0 spiro atoms. The Morgan fingerprint density at radius 1 is 1.13 bits per heavy atom. The first-order valence-electron chi connectivity index (χ1n) is 6.69. The highest BCUT2D eigenvalue weighted by Crippen LogP contribution is 2.27. The summed E-state index contributed by atoms with van der Waals surface area (Å²) in [5.74, 6) is -1.82. The fourth-order valence-corrected chi connectivity index (χ4v) is 2.30.